The van der Waals surface area contributed by atoms with Crippen molar-refractivity contribution < 1.29 is 138 Å². The Balaban J connectivity index is -0.000000274. The Morgan fingerprint density at radius 1 is 0.531 bits per heavy atom. The van der Waals surface area contributed by atoms with Crippen LogP contribution in [0.25, 0.3) is 0 Å². The summed E-state index contributed by atoms with van der Waals surface area (Å²) in [5, 5.41) is 21.8. The summed E-state index contributed by atoms with van der Waals surface area (Å²) in [6, 6.07) is 27.9. The van der Waals surface area contributed by atoms with Crippen LogP contribution in [-0.4, -0.2) is 52.4 Å². The largest absolute Gasteiger partial charge is 4.00 e. The molecule has 0 fully saturated rings. The molecule has 0 saturated carbocycles. The fraction of sp³-hybridized carbons (Fsp3) is 0.316. The molecule has 0 atom stereocenters. The van der Waals surface area contributed by atoms with Crippen LogP contribution in [0.1, 0.15) is 67.2 Å². The molecule has 0 saturated heterocycles. The molecule has 0 unspecified atom stereocenters. The van der Waals surface area contributed by atoms with Gasteiger partial charge in [0.2, 0.25) is 0 Å². The van der Waals surface area contributed by atoms with Crippen molar-refractivity contribution in [3.05, 3.63) is 149 Å². The minimum absolute atomic E-state index is 0. The quantitative estimate of drug-likeness (QED) is 0.114. The zero-order valence-corrected chi connectivity index (χ0v) is 39.4. The van der Waals surface area contributed by atoms with Gasteiger partial charge in [0.25, 0.3) is 0 Å². The number of hydrogen-bond acceptors (Lipinski definition) is 16. The number of aliphatic hydroxyl groups is 1. The summed E-state index contributed by atoms with van der Waals surface area (Å²) in [5.41, 5.74) is 6.39. The summed E-state index contributed by atoms with van der Waals surface area (Å²) in [6.07, 6.45) is 7.24. The molecule has 64 heavy (non-hydrogen) atoms. The molecule has 358 valence electrons. The van der Waals surface area contributed by atoms with Gasteiger partial charge in [-0.2, -0.15) is 0 Å². The topological polar surface area (TPSA) is 467 Å². The maximum Gasteiger partial charge on any atom is 4.00 e. The molecule has 0 bridgehead atoms. The third kappa shape index (κ3) is 35.0. The van der Waals surface area contributed by atoms with E-state index in [9.17, 15) is 5.11 Å². The molecule has 0 aliphatic heterocycles. The standard InChI is InChI=1S/C36H40N6O.C2H6O.2ClHO4.3H2O.3O.2V/c1-36(2,3)30-20-28(22-41(24-31-12-4-8-16-37-31)25-32-13-5-9-17-38-32)35(43)29(21-30)23-42(26-33-14-6-10-18-39-33)27-34-15-7-11-19-40-34;1-2-3;2*2-1(3,4)5;;;;;;;;/h4-21,43H,22-27H2,1-3H3;3H,2H2,1H3;2*(H,2,3,4,5);3*1H2;;;;;/q;;;;;;;3*-2;;+4/p-2. The number of hydrogen-bond donors (Lipinski definition) is 1. The molecule has 0 spiro atoms. The van der Waals surface area contributed by atoms with Crippen LogP contribution in [0, 0.1) is 20.5 Å². The second-order valence-corrected chi connectivity index (χ2v) is 14.5. The van der Waals surface area contributed by atoms with Crippen LogP contribution >= 0.6 is 0 Å². The Labute approximate surface area is 399 Å². The maximum absolute atomic E-state index is 14.2. The molecule has 2 radical (unpaired) electrons. The molecule has 0 aliphatic carbocycles. The first-order valence-corrected chi connectivity index (χ1v) is 19.4. The Hall–Kier alpha value is -3.31. The van der Waals surface area contributed by atoms with Gasteiger partial charge in [0.1, 0.15) is 0 Å². The molecule has 1 aromatic carbocycles. The Morgan fingerprint density at radius 2 is 0.750 bits per heavy atom. The molecular formula is C38H52Cl2N6O16V2-4. The van der Waals surface area contributed by atoms with Gasteiger partial charge < -0.3 is 43.1 Å². The summed E-state index contributed by atoms with van der Waals surface area (Å²) < 4.78 is 67.9. The van der Waals surface area contributed by atoms with E-state index in [1.54, 1.807) is 6.92 Å². The van der Waals surface area contributed by atoms with Crippen molar-refractivity contribution >= 4 is 0 Å². The summed E-state index contributed by atoms with van der Waals surface area (Å²) in [5.74, 6) is 0.0760. The molecule has 26 heteroatoms. The van der Waals surface area contributed by atoms with E-state index < -0.39 is 20.5 Å². The van der Waals surface area contributed by atoms with Crippen LogP contribution in [0.15, 0.2) is 110 Å². The minimum Gasteiger partial charge on any atom is -2.00 e. The van der Waals surface area contributed by atoms with Crippen molar-refractivity contribution in [2.75, 3.05) is 6.61 Å². The van der Waals surface area contributed by atoms with E-state index in [1.165, 1.54) is 0 Å². The van der Waals surface area contributed by atoms with Gasteiger partial charge in [0, 0.05) is 89.2 Å². The van der Waals surface area contributed by atoms with Gasteiger partial charge in [-0.05, 0) is 77.6 Å². The fourth-order valence-corrected chi connectivity index (χ4v) is 5.12. The number of nitrogens with zero attached hydrogens (tertiary/aromatic N) is 6. The smallest absolute Gasteiger partial charge is 2.00 e. The fourth-order valence-electron chi connectivity index (χ4n) is 5.12. The molecule has 0 aliphatic rings. The summed E-state index contributed by atoms with van der Waals surface area (Å²) in [4.78, 5) is 22.7. The van der Waals surface area contributed by atoms with Crippen molar-refractivity contribution in [1.29, 1.82) is 0 Å². The number of benzene rings is 1. The van der Waals surface area contributed by atoms with Gasteiger partial charge in [-0.15, -0.1) is 20.5 Å². The van der Waals surface area contributed by atoms with Gasteiger partial charge >= 0.3 is 18.6 Å². The van der Waals surface area contributed by atoms with Crippen LogP contribution in [-0.2, 0) is 104 Å². The zero-order chi connectivity index (χ0) is 41.8. The first kappa shape index (κ1) is 75.0. The van der Waals surface area contributed by atoms with Crippen LogP contribution in [0.5, 0.6) is 5.75 Å². The van der Waals surface area contributed by atoms with E-state index >= 15 is 0 Å². The molecule has 4 aromatic heterocycles. The van der Waals surface area contributed by atoms with E-state index in [-0.39, 0.29) is 87.7 Å². The third-order valence-corrected chi connectivity index (χ3v) is 7.34. The molecule has 5 aromatic rings. The van der Waals surface area contributed by atoms with Crippen molar-refractivity contribution in [1.82, 2.24) is 29.7 Å². The molecule has 4 heterocycles. The van der Waals surface area contributed by atoms with Gasteiger partial charge in [-0.25, -0.2) is 37.3 Å². The molecule has 8 N–H and O–H groups in total. The Morgan fingerprint density at radius 3 is 0.922 bits per heavy atom. The average molecular weight is 1020 g/mol. The zero-order valence-electron chi connectivity index (χ0n) is 35.1. The van der Waals surface area contributed by atoms with E-state index in [0.717, 1.165) is 39.5 Å². The SMILES string of the molecule is CC(C)(C)c1cc(CN(Cc2ccccn2)Cc2ccccn2)c([O-])c(CN(Cc2ccccn2)Cc2ccccn2)c1.CCO.O.O.[O-2].[O-2].[O-2].[O-][Cl+3]([O-])([O-])[O-].[O-][Cl+3]([O-])([O-])[O-].[OH3+].[V+4].[V]. The second-order valence-electron chi connectivity index (χ2n) is 13.0. The van der Waals surface area contributed by atoms with Crippen LogP contribution in [0.2, 0.25) is 0 Å². The second kappa shape index (κ2) is 37.9. The van der Waals surface area contributed by atoms with E-state index in [4.69, 9.17) is 42.4 Å². The van der Waals surface area contributed by atoms with Crippen LogP contribution in [0.3, 0.4) is 0 Å². The van der Waals surface area contributed by atoms with Gasteiger partial charge in [-0.3, -0.25) is 29.7 Å². The predicted octanol–water partition coefficient (Wildman–Crippen LogP) is -6.40. The molecule has 22 nitrogen and oxygen atoms in total. The van der Waals surface area contributed by atoms with E-state index in [1.807, 2.05) is 97.6 Å². The van der Waals surface area contributed by atoms with E-state index in [0.29, 0.717) is 39.3 Å². The van der Waals surface area contributed by atoms with Gasteiger partial charge in [-0.1, -0.05) is 62.9 Å². The number of rotatable bonds is 12. The van der Waals surface area contributed by atoms with Crippen molar-refractivity contribution in [2.45, 2.75) is 72.4 Å². The number of pyridine rings is 4. The third-order valence-electron chi connectivity index (χ3n) is 7.34. The van der Waals surface area contributed by atoms with Crippen molar-refractivity contribution in [2.24, 2.45) is 0 Å². The average Bonchev–Trinajstić information content (AvgIpc) is 3.10. The first-order chi connectivity index (χ1) is 26.2. The summed E-state index contributed by atoms with van der Waals surface area (Å²) in [6.45, 7) is 11.9. The normalized spacial score (nSPS) is 10.0. The number of halogens is 2. The monoisotopic (exact) mass is 1020 g/mol. The van der Waals surface area contributed by atoms with Crippen molar-refractivity contribution in [3.63, 3.8) is 0 Å². The van der Waals surface area contributed by atoms with Crippen molar-refractivity contribution in [3.8, 4) is 5.75 Å². The molecule has 0 amide bonds. The van der Waals surface area contributed by atoms with Gasteiger partial charge in [0.05, 0.1) is 22.8 Å². The van der Waals surface area contributed by atoms with E-state index in [2.05, 4.69) is 62.6 Å². The van der Waals surface area contributed by atoms with Gasteiger partial charge in [0.15, 0.2) is 0 Å². The number of aliphatic hydroxyl groups excluding tert-OH is 1. The Kier molecular flexibility index (Phi) is 44.4. The summed E-state index contributed by atoms with van der Waals surface area (Å²) >= 11 is 0. The van der Waals surface area contributed by atoms with Crippen LogP contribution < -0.4 is 42.4 Å². The molecule has 5 rings (SSSR count). The number of aromatic nitrogens is 4. The first-order valence-electron chi connectivity index (χ1n) is 17.0. The molecular weight excluding hydrogens is 969 g/mol. The summed E-state index contributed by atoms with van der Waals surface area (Å²) in [7, 11) is -9.89. The maximum atomic E-state index is 14.2. The predicted molar refractivity (Wildman–Crippen MR) is 194 cm³/mol. The Bertz CT molecular complexity index is 1610. The minimum atomic E-state index is -4.94. The van der Waals surface area contributed by atoms with Crippen LogP contribution in [0.4, 0.5) is 0 Å².